The number of rotatable bonds is 2. The molecule has 1 unspecified atom stereocenters. The Hall–Kier alpha value is -1.64. The Kier molecular flexibility index (Phi) is 9.55. The lowest BCUT2D eigenvalue weighted by Crippen LogP contribution is -2.20. The van der Waals surface area contributed by atoms with Crippen LogP contribution >= 0.6 is 0 Å². The second-order valence-electron chi connectivity index (χ2n) is 3.75. The molecule has 1 aliphatic rings. The molecule has 0 radical (unpaired) electrons. The molecule has 0 saturated carbocycles. The van der Waals surface area contributed by atoms with Crippen LogP contribution in [0.1, 0.15) is 32.8 Å². The van der Waals surface area contributed by atoms with Gasteiger partial charge in [-0.1, -0.05) is 26.0 Å². The average Bonchev–Trinajstić information content (AvgIpc) is 2.80. The van der Waals surface area contributed by atoms with Gasteiger partial charge in [0.15, 0.2) is 0 Å². The van der Waals surface area contributed by atoms with Gasteiger partial charge in [-0.25, -0.2) is 0 Å². The fraction of sp³-hybridized carbons (Fsp3) is 0.467. The predicted molar refractivity (Wildman–Crippen MR) is 76.3 cm³/mol. The van der Waals surface area contributed by atoms with Crippen LogP contribution < -0.4 is 5.32 Å². The lowest BCUT2D eigenvalue weighted by molar-refractivity contribution is -0.122. The highest BCUT2D eigenvalue weighted by Gasteiger charge is 2.23. The van der Waals surface area contributed by atoms with E-state index in [4.69, 9.17) is 0 Å². The van der Waals surface area contributed by atoms with Crippen molar-refractivity contribution in [1.82, 2.24) is 10.3 Å². The number of pyridine rings is 1. The van der Waals surface area contributed by atoms with Crippen molar-refractivity contribution in [3.63, 3.8) is 0 Å². The summed E-state index contributed by atoms with van der Waals surface area (Å²) in [6.07, 6.45) is 7.09. The number of carbonyl (C=O) groups is 1. The lowest BCUT2D eigenvalue weighted by atomic mass is 9.99. The second-order valence-corrected chi connectivity index (χ2v) is 3.75. The first-order valence-corrected chi connectivity index (χ1v) is 6.51. The van der Waals surface area contributed by atoms with Crippen LogP contribution in [0, 0.1) is 5.92 Å². The molecule has 3 heteroatoms. The zero-order valence-electron chi connectivity index (χ0n) is 11.6. The highest BCUT2D eigenvalue weighted by molar-refractivity contribution is 5.80. The smallest absolute Gasteiger partial charge is 0.223 e. The SMILES string of the molecule is C=CC.CC.O=C1NCCC1Cc1cccnc1. The first-order valence-electron chi connectivity index (χ1n) is 6.51. The minimum absolute atomic E-state index is 0.157. The van der Waals surface area contributed by atoms with Crippen LogP contribution in [0.25, 0.3) is 0 Å². The molecule has 1 atom stereocenters. The van der Waals surface area contributed by atoms with Gasteiger partial charge in [-0.2, -0.15) is 0 Å². The number of carbonyl (C=O) groups excluding carboxylic acids is 1. The summed E-state index contributed by atoms with van der Waals surface area (Å²) in [4.78, 5) is 15.3. The summed E-state index contributed by atoms with van der Waals surface area (Å²) in [7, 11) is 0. The van der Waals surface area contributed by atoms with Gasteiger partial charge in [-0.3, -0.25) is 9.78 Å². The lowest BCUT2D eigenvalue weighted by Gasteiger charge is -2.05. The minimum Gasteiger partial charge on any atom is -0.356 e. The topological polar surface area (TPSA) is 42.0 Å². The molecule has 1 saturated heterocycles. The van der Waals surface area contributed by atoms with Gasteiger partial charge < -0.3 is 5.32 Å². The zero-order chi connectivity index (χ0) is 13.8. The third-order valence-electron chi connectivity index (χ3n) is 2.37. The molecule has 1 amide bonds. The van der Waals surface area contributed by atoms with Gasteiger partial charge in [0.05, 0.1) is 0 Å². The predicted octanol–water partition coefficient (Wildman–Crippen LogP) is 2.98. The van der Waals surface area contributed by atoms with Crippen molar-refractivity contribution < 1.29 is 4.79 Å². The third-order valence-corrected chi connectivity index (χ3v) is 2.37. The summed E-state index contributed by atoms with van der Waals surface area (Å²) in [5, 5.41) is 2.83. The van der Waals surface area contributed by atoms with Crippen molar-refractivity contribution in [2.75, 3.05) is 6.54 Å². The third kappa shape index (κ3) is 6.18. The van der Waals surface area contributed by atoms with Crippen LogP contribution in [-0.2, 0) is 11.2 Å². The molecular formula is C15H24N2O. The van der Waals surface area contributed by atoms with Crippen LogP contribution in [0.4, 0.5) is 0 Å². The van der Waals surface area contributed by atoms with E-state index in [9.17, 15) is 4.79 Å². The molecule has 18 heavy (non-hydrogen) atoms. The van der Waals surface area contributed by atoms with Gasteiger partial charge in [0.2, 0.25) is 5.91 Å². The summed E-state index contributed by atoms with van der Waals surface area (Å²) < 4.78 is 0. The number of allylic oxidation sites excluding steroid dienone is 1. The Morgan fingerprint density at radius 1 is 1.56 bits per heavy atom. The molecule has 1 aromatic heterocycles. The van der Waals surface area contributed by atoms with Crippen LogP contribution in [0.15, 0.2) is 37.2 Å². The number of nitrogens with one attached hydrogen (secondary N) is 1. The first kappa shape index (κ1) is 16.4. The van der Waals surface area contributed by atoms with Crippen LogP contribution in [0.5, 0.6) is 0 Å². The summed E-state index contributed by atoms with van der Waals surface area (Å²) in [5.74, 6) is 0.341. The Bertz CT molecular complexity index is 336. The average molecular weight is 248 g/mol. The van der Waals surface area contributed by atoms with Crippen molar-refractivity contribution in [2.24, 2.45) is 5.92 Å². The van der Waals surface area contributed by atoms with Gasteiger partial charge in [0.1, 0.15) is 0 Å². The van der Waals surface area contributed by atoms with Crippen molar-refractivity contribution in [1.29, 1.82) is 0 Å². The van der Waals surface area contributed by atoms with Crippen LogP contribution in [0.3, 0.4) is 0 Å². The second kappa shape index (κ2) is 10.5. The van der Waals surface area contributed by atoms with E-state index >= 15 is 0 Å². The van der Waals surface area contributed by atoms with Crippen molar-refractivity contribution in [3.05, 3.63) is 42.7 Å². The molecule has 1 aromatic rings. The minimum atomic E-state index is 0.157. The molecule has 2 rings (SSSR count). The molecule has 0 aliphatic carbocycles. The van der Waals surface area contributed by atoms with E-state index in [0.29, 0.717) is 0 Å². The summed E-state index contributed by atoms with van der Waals surface area (Å²) in [6.45, 7) is 10.1. The van der Waals surface area contributed by atoms with Gasteiger partial charge in [0, 0.05) is 24.9 Å². The molecule has 0 bridgehead atoms. The van der Waals surface area contributed by atoms with Crippen LogP contribution in [-0.4, -0.2) is 17.4 Å². The Labute approximate surface area is 110 Å². The Balaban J connectivity index is 0.000000509. The molecule has 100 valence electrons. The summed E-state index contributed by atoms with van der Waals surface area (Å²) in [6, 6.07) is 3.92. The molecule has 2 heterocycles. The highest BCUT2D eigenvalue weighted by atomic mass is 16.2. The monoisotopic (exact) mass is 248 g/mol. The van der Waals surface area contributed by atoms with Gasteiger partial charge in [-0.05, 0) is 31.4 Å². The van der Waals surface area contributed by atoms with E-state index in [-0.39, 0.29) is 11.8 Å². The maximum absolute atomic E-state index is 11.2. The van der Waals surface area contributed by atoms with Crippen molar-refractivity contribution >= 4 is 5.91 Å². The maximum atomic E-state index is 11.2. The zero-order valence-corrected chi connectivity index (χ0v) is 11.6. The molecule has 0 spiro atoms. The van der Waals surface area contributed by atoms with Crippen molar-refractivity contribution in [2.45, 2.75) is 33.6 Å². The summed E-state index contributed by atoms with van der Waals surface area (Å²) in [5.41, 5.74) is 1.14. The number of hydrogen-bond donors (Lipinski definition) is 1. The molecule has 1 fully saturated rings. The normalized spacial score (nSPS) is 16.6. The van der Waals surface area contributed by atoms with E-state index in [0.717, 1.165) is 24.9 Å². The maximum Gasteiger partial charge on any atom is 0.223 e. The largest absolute Gasteiger partial charge is 0.356 e. The Morgan fingerprint density at radius 3 is 2.67 bits per heavy atom. The number of nitrogens with zero attached hydrogens (tertiary/aromatic N) is 1. The van der Waals surface area contributed by atoms with Gasteiger partial charge >= 0.3 is 0 Å². The first-order chi connectivity index (χ1) is 8.77. The van der Waals surface area contributed by atoms with Crippen LogP contribution in [0.2, 0.25) is 0 Å². The Morgan fingerprint density at radius 2 is 2.22 bits per heavy atom. The molecule has 3 nitrogen and oxygen atoms in total. The van der Waals surface area contributed by atoms with E-state index in [2.05, 4.69) is 16.9 Å². The van der Waals surface area contributed by atoms with Gasteiger partial charge in [0.25, 0.3) is 0 Å². The fourth-order valence-electron chi connectivity index (χ4n) is 1.64. The fourth-order valence-corrected chi connectivity index (χ4v) is 1.64. The number of aromatic nitrogens is 1. The van der Waals surface area contributed by atoms with E-state index in [1.54, 1.807) is 12.3 Å². The van der Waals surface area contributed by atoms with E-state index in [1.165, 1.54) is 0 Å². The van der Waals surface area contributed by atoms with Crippen molar-refractivity contribution in [3.8, 4) is 0 Å². The van der Waals surface area contributed by atoms with Gasteiger partial charge in [-0.15, -0.1) is 6.58 Å². The quantitative estimate of drug-likeness (QED) is 0.818. The highest BCUT2D eigenvalue weighted by Crippen LogP contribution is 2.15. The molecular weight excluding hydrogens is 224 g/mol. The van der Waals surface area contributed by atoms with E-state index in [1.807, 2.05) is 39.1 Å². The summed E-state index contributed by atoms with van der Waals surface area (Å²) >= 11 is 0. The molecule has 1 aliphatic heterocycles. The van der Waals surface area contributed by atoms with E-state index < -0.39 is 0 Å². The number of amides is 1. The number of hydrogen-bond acceptors (Lipinski definition) is 2. The standard InChI is InChI=1S/C10H12N2O.C3H6.C2H6/c13-10-9(3-5-12-10)6-8-2-1-4-11-7-8;1-3-2;1-2/h1-2,4,7,9H,3,5-6H2,(H,12,13);3H,1H2,2H3;1-2H3. The molecule has 0 aromatic carbocycles. The molecule has 1 N–H and O–H groups in total.